The third-order valence-corrected chi connectivity index (χ3v) is 3.98. The number of esters is 1. The standard InChI is InChI=1S/C17H13Cl2F2NO4/c1-9-5-6-12(18)15(14(9)19)22-13(23)8-25-16(24)10-3-2-4-11(7-10)26-17(20)21/h2-7,17H,8H2,1H3,(H,22,23). The first kappa shape index (κ1) is 19.9. The van der Waals surface area contributed by atoms with Gasteiger partial charge in [0.25, 0.3) is 5.91 Å². The van der Waals surface area contributed by atoms with Gasteiger partial charge < -0.3 is 14.8 Å². The molecular formula is C17H13Cl2F2NO4. The van der Waals surface area contributed by atoms with Crippen LogP contribution < -0.4 is 10.1 Å². The van der Waals surface area contributed by atoms with Gasteiger partial charge in [0.05, 0.1) is 21.3 Å². The number of halogens is 4. The lowest BCUT2D eigenvalue weighted by atomic mass is 10.2. The summed E-state index contributed by atoms with van der Waals surface area (Å²) >= 11 is 12.1. The molecule has 1 amide bonds. The van der Waals surface area contributed by atoms with Gasteiger partial charge in [-0.15, -0.1) is 0 Å². The molecule has 0 unspecified atom stereocenters. The van der Waals surface area contributed by atoms with Crippen LogP contribution in [-0.4, -0.2) is 25.1 Å². The number of hydrogen-bond donors (Lipinski definition) is 1. The molecule has 138 valence electrons. The zero-order valence-corrected chi connectivity index (χ0v) is 14.9. The Hall–Kier alpha value is -2.38. The molecule has 0 bridgehead atoms. The van der Waals surface area contributed by atoms with E-state index >= 15 is 0 Å². The summed E-state index contributed by atoms with van der Waals surface area (Å²) in [7, 11) is 0. The molecule has 0 aliphatic heterocycles. The second kappa shape index (κ2) is 8.82. The molecule has 0 heterocycles. The first-order valence-electron chi connectivity index (χ1n) is 7.24. The third kappa shape index (κ3) is 5.31. The highest BCUT2D eigenvalue weighted by Crippen LogP contribution is 2.32. The molecule has 2 aromatic carbocycles. The van der Waals surface area contributed by atoms with Crippen LogP contribution in [0, 0.1) is 6.92 Å². The van der Waals surface area contributed by atoms with Crippen molar-refractivity contribution in [2.75, 3.05) is 11.9 Å². The number of anilines is 1. The maximum Gasteiger partial charge on any atom is 0.387 e. The molecule has 0 radical (unpaired) electrons. The summed E-state index contributed by atoms with van der Waals surface area (Å²) in [4.78, 5) is 23.9. The van der Waals surface area contributed by atoms with E-state index in [1.807, 2.05) is 0 Å². The maximum atomic E-state index is 12.2. The van der Waals surface area contributed by atoms with Crippen molar-refractivity contribution in [3.8, 4) is 5.75 Å². The van der Waals surface area contributed by atoms with E-state index in [2.05, 4.69) is 10.1 Å². The van der Waals surface area contributed by atoms with Crippen LogP contribution in [-0.2, 0) is 9.53 Å². The number of benzene rings is 2. The molecule has 2 rings (SSSR count). The van der Waals surface area contributed by atoms with Crippen LogP contribution in [0.3, 0.4) is 0 Å². The molecule has 0 fully saturated rings. The SMILES string of the molecule is Cc1ccc(Cl)c(NC(=O)COC(=O)c2cccc(OC(F)F)c2)c1Cl. The van der Waals surface area contributed by atoms with Crippen LogP contribution in [0.5, 0.6) is 5.75 Å². The zero-order chi connectivity index (χ0) is 19.3. The Bertz CT molecular complexity index is 830. The van der Waals surface area contributed by atoms with E-state index in [-0.39, 0.29) is 27.0 Å². The number of carbonyl (C=O) groups excluding carboxylic acids is 2. The second-order valence-electron chi connectivity index (χ2n) is 5.08. The number of carbonyl (C=O) groups is 2. The Morgan fingerprint density at radius 3 is 2.62 bits per heavy atom. The van der Waals surface area contributed by atoms with Gasteiger partial charge in [-0.05, 0) is 36.8 Å². The van der Waals surface area contributed by atoms with Crippen LogP contribution in [0.2, 0.25) is 10.0 Å². The fourth-order valence-corrected chi connectivity index (χ4v) is 2.43. The molecule has 0 aliphatic rings. The average molecular weight is 404 g/mol. The number of aryl methyl sites for hydroxylation is 1. The highest BCUT2D eigenvalue weighted by molar-refractivity contribution is 6.40. The molecule has 0 aromatic heterocycles. The number of amides is 1. The average Bonchev–Trinajstić information content (AvgIpc) is 2.59. The first-order chi connectivity index (χ1) is 12.3. The summed E-state index contributed by atoms with van der Waals surface area (Å²) in [6, 6.07) is 8.29. The van der Waals surface area contributed by atoms with E-state index in [4.69, 9.17) is 27.9 Å². The molecular weight excluding hydrogens is 391 g/mol. The Kier molecular flexibility index (Phi) is 6.76. The first-order valence-corrected chi connectivity index (χ1v) is 8.00. The summed E-state index contributed by atoms with van der Waals surface area (Å²) < 4.78 is 33.4. The van der Waals surface area contributed by atoms with Crippen molar-refractivity contribution in [3.63, 3.8) is 0 Å². The normalized spacial score (nSPS) is 10.5. The minimum atomic E-state index is -3.02. The molecule has 0 saturated carbocycles. The minimum Gasteiger partial charge on any atom is -0.452 e. The number of hydrogen-bond acceptors (Lipinski definition) is 4. The molecule has 0 atom stereocenters. The lowest BCUT2D eigenvalue weighted by Gasteiger charge is -2.11. The van der Waals surface area contributed by atoms with Gasteiger partial charge in [-0.1, -0.05) is 35.3 Å². The second-order valence-corrected chi connectivity index (χ2v) is 5.87. The molecule has 26 heavy (non-hydrogen) atoms. The summed E-state index contributed by atoms with van der Waals surface area (Å²) in [5.41, 5.74) is 0.878. The fraction of sp³-hybridized carbons (Fsp3) is 0.176. The summed E-state index contributed by atoms with van der Waals surface area (Å²) in [5.74, 6) is -1.73. The Morgan fingerprint density at radius 1 is 1.19 bits per heavy atom. The van der Waals surface area contributed by atoms with Gasteiger partial charge in [-0.3, -0.25) is 4.79 Å². The topological polar surface area (TPSA) is 64.6 Å². The van der Waals surface area contributed by atoms with Crippen LogP contribution in [0.1, 0.15) is 15.9 Å². The van der Waals surface area contributed by atoms with Crippen LogP contribution in [0.25, 0.3) is 0 Å². The quantitative estimate of drug-likeness (QED) is 0.709. The third-order valence-electron chi connectivity index (χ3n) is 3.18. The molecule has 5 nitrogen and oxygen atoms in total. The zero-order valence-electron chi connectivity index (χ0n) is 13.4. The van der Waals surface area contributed by atoms with Crippen LogP contribution >= 0.6 is 23.2 Å². The van der Waals surface area contributed by atoms with Crippen LogP contribution in [0.15, 0.2) is 36.4 Å². The highest BCUT2D eigenvalue weighted by atomic mass is 35.5. The largest absolute Gasteiger partial charge is 0.452 e. The van der Waals surface area contributed by atoms with E-state index in [1.165, 1.54) is 18.2 Å². The van der Waals surface area contributed by atoms with Crippen LogP contribution in [0.4, 0.5) is 14.5 Å². The van der Waals surface area contributed by atoms with Gasteiger partial charge in [0, 0.05) is 0 Å². The predicted octanol–water partition coefficient (Wildman–Crippen LogP) is 4.70. The van der Waals surface area contributed by atoms with Crippen molar-refractivity contribution in [3.05, 3.63) is 57.6 Å². The Labute approximate surface area is 157 Å². The van der Waals surface area contributed by atoms with Gasteiger partial charge in [-0.2, -0.15) is 8.78 Å². The fourth-order valence-electron chi connectivity index (χ4n) is 1.96. The predicted molar refractivity (Wildman–Crippen MR) is 93.2 cm³/mol. The van der Waals surface area contributed by atoms with Gasteiger partial charge in [-0.25, -0.2) is 4.79 Å². The van der Waals surface area contributed by atoms with Crippen molar-refractivity contribution in [2.24, 2.45) is 0 Å². The van der Waals surface area contributed by atoms with Crippen molar-refractivity contribution in [1.82, 2.24) is 0 Å². The number of alkyl halides is 2. The summed E-state index contributed by atoms with van der Waals surface area (Å²) in [5, 5.41) is 2.97. The highest BCUT2D eigenvalue weighted by Gasteiger charge is 2.15. The Balaban J connectivity index is 1.97. The van der Waals surface area contributed by atoms with E-state index in [0.29, 0.717) is 5.56 Å². The van der Waals surface area contributed by atoms with Crippen molar-refractivity contribution in [2.45, 2.75) is 13.5 Å². The molecule has 2 aromatic rings. The molecule has 9 heteroatoms. The molecule has 0 aliphatic carbocycles. The van der Waals surface area contributed by atoms with E-state index in [9.17, 15) is 18.4 Å². The monoisotopic (exact) mass is 403 g/mol. The van der Waals surface area contributed by atoms with Crippen molar-refractivity contribution >= 4 is 40.8 Å². The number of nitrogens with one attached hydrogen (secondary N) is 1. The molecule has 0 saturated heterocycles. The molecule has 1 N–H and O–H groups in total. The van der Waals surface area contributed by atoms with E-state index in [1.54, 1.807) is 19.1 Å². The smallest absolute Gasteiger partial charge is 0.387 e. The number of rotatable bonds is 6. The van der Waals surface area contributed by atoms with Gasteiger partial charge in [0.1, 0.15) is 5.75 Å². The Morgan fingerprint density at radius 2 is 1.92 bits per heavy atom. The van der Waals surface area contributed by atoms with Gasteiger partial charge >= 0.3 is 12.6 Å². The minimum absolute atomic E-state index is 0.0393. The van der Waals surface area contributed by atoms with E-state index < -0.39 is 25.1 Å². The van der Waals surface area contributed by atoms with Crippen molar-refractivity contribution in [1.29, 1.82) is 0 Å². The lowest BCUT2D eigenvalue weighted by molar-refractivity contribution is -0.119. The molecule has 0 spiro atoms. The van der Waals surface area contributed by atoms with Crippen molar-refractivity contribution < 1.29 is 27.8 Å². The summed E-state index contributed by atoms with van der Waals surface area (Å²) in [6.07, 6.45) is 0. The maximum absolute atomic E-state index is 12.2. The number of ether oxygens (including phenoxy) is 2. The van der Waals surface area contributed by atoms with Gasteiger partial charge in [0.2, 0.25) is 0 Å². The van der Waals surface area contributed by atoms with Gasteiger partial charge in [0.15, 0.2) is 6.61 Å². The summed E-state index contributed by atoms with van der Waals surface area (Å²) in [6.45, 7) is -1.89. The van der Waals surface area contributed by atoms with E-state index in [0.717, 1.165) is 6.07 Å². The lowest BCUT2D eigenvalue weighted by Crippen LogP contribution is -2.21.